The van der Waals surface area contributed by atoms with Gasteiger partial charge in [0.2, 0.25) is 0 Å². The molecule has 1 unspecified atom stereocenters. The van der Waals surface area contributed by atoms with Crippen LogP contribution in [-0.2, 0) is 14.3 Å². The molecule has 120 valence electrons. The average molecular weight is 312 g/mol. The molecule has 0 spiro atoms. The SMILES string of the molecule is CCOC(=O)Nc1cc(F)ccc1C(=O)NC(C)C(=O)OC. The first-order chi connectivity index (χ1) is 10.4. The predicted molar refractivity (Wildman–Crippen MR) is 76.0 cm³/mol. The van der Waals surface area contributed by atoms with Crippen LogP contribution in [0.4, 0.5) is 14.9 Å². The van der Waals surface area contributed by atoms with Crippen molar-refractivity contribution < 1.29 is 28.2 Å². The van der Waals surface area contributed by atoms with Crippen LogP contribution in [0.2, 0.25) is 0 Å². The second-order valence-electron chi connectivity index (χ2n) is 4.25. The Hall–Kier alpha value is -2.64. The Morgan fingerprint density at radius 3 is 2.59 bits per heavy atom. The summed E-state index contributed by atoms with van der Waals surface area (Å²) in [5.74, 6) is -1.93. The molecule has 0 aliphatic heterocycles. The summed E-state index contributed by atoms with van der Waals surface area (Å²) in [6, 6.07) is 2.34. The van der Waals surface area contributed by atoms with Gasteiger partial charge in [0.05, 0.1) is 25.0 Å². The minimum atomic E-state index is -0.891. The average Bonchev–Trinajstić information content (AvgIpc) is 2.46. The normalized spacial score (nSPS) is 11.3. The number of ether oxygens (including phenoxy) is 2. The molecule has 1 aromatic rings. The lowest BCUT2D eigenvalue weighted by molar-refractivity contribution is -0.142. The van der Waals surface area contributed by atoms with E-state index in [1.165, 1.54) is 20.1 Å². The van der Waals surface area contributed by atoms with Gasteiger partial charge in [-0.25, -0.2) is 14.0 Å². The highest BCUT2D eigenvalue weighted by molar-refractivity contribution is 6.03. The Bertz CT molecular complexity index is 576. The van der Waals surface area contributed by atoms with E-state index in [9.17, 15) is 18.8 Å². The number of halogens is 1. The zero-order chi connectivity index (χ0) is 16.7. The first kappa shape index (κ1) is 17.4. The van der Waals surface area contributed by atoms with Gasteiger partial charge in [-0.05, 0) is 32.0 Å². The van der Waals surface area contributed by atoms with Crippen molar-refractivity contribution in [2.45, 2.75) is 19.9 Å². The lowest BCUT2D eigenvalue weighted by Gasteiger charge is -2.14. The topological polar surface area (TPSA) is 93.7 Å². The number of carbonyl (C=O) groups excluding carboxylic acids is 3. The van der Waals surface area contributed by atoms with Gasteiger partial charge in [0.1, 0.15) is 11.9 Å². The highest BCUT2D eigenvalue weighted by Crippen LogP contribution is 2.18. The molecule has 1 atom stereocenters. The maximum absolute atomic E-state index is 13.3. The van der Waals surface area contributed by atoms with Crippen LogP contribution >= 0.6 is 0 Å². The van der Waals surface area contributed by atoms with E-state index in [1.54, 1.807) is 6.92 Å². The first-order valence-corrected chi connectivity index (χ1v) is 6.51. The molecule has 0 saturated heterocycles. The molecular formula is C14H17FN2O5. The van der Waals surface area contributed by atoms with Crippen LogP contribution in [-0.4, -0.2) is 37.7 Å². The standard InChI is InChI=1S/C14H17FN2O5/c1-4-22-14(20)17-11-7-9(15)5-6-10(11)12(18)16-8(2)13(19)21-3/h5-8H,4H2,1-3H3,(H,16,18)(H,17,20). The molecule has 2 amide bonds. The van der Waals surface area contributed by atoms with Crippen LogP contribution < -0.4 is 10.6 Å². The number of hydrogen-bond acceptors (Lipinski definition) is 5. The molecule has 0 saturated carbocycles. The van der Waals surface area contributed by atoms with Gasteiger partial charge in [-0.1, -0.05) is 0 Å². The third-order valence-electron chi connectivity index (χ3n) is 2.64. The summed E-state index contributed by atoms with van der Waals surface area (Å²) in [4.78, 5) is 34.8. The maximum Gasteiger partial charge on any atom is 0.411 e. The van der Waals surface area contributed by atoms with Crippen LogP contribution in [0.1, 0.15) is 24.2 Å². The monoisotopic (exact) mass is 312 g/mol. The predicted octanol–water partition coefficient (Wildman–Crippen LogP) is 1.69. The number of carbonyl (C=O) groups is 3. The van der Waals surface area contributed by atoms with Gasteiger partial charge in [0.25, 0.3) is 5.91 Å². The molecule has 22 heavy (non-hydrogen) atoms. The summed E-state index contributed by atoms with van der Waals surface area (Å²) in [5, 5.41) is 4.66. The van der Waals surface area contributed by atoms with Crippen molar-refractivity contribution in [3.05, 3.63) is 29.6 Å². The van der Waals surface area contributed by atoms with Gasteiger partial charge >= 0.3 is 12.1 Å². The van der Waals surface area contributed by atoms with Crippen molar-refractivity contribution in [3.63, 3.8) is 0 Å². The number of methoxy groups -OCH3 is 1. The van der Waals surface area contributed by atoms with E-state index in [-0.39, 0.29) is 17.9 Å². The van der Waals surface area contributed by atoms with E-state index in [2.05, 4.69) is 20.1 Å². The smallest absolute Gasteiger partial charge is 0.411 e. The number of rotatable bonds is 5. The summed E-state index contributed by atoms with van der Waals surface area (Å²) in [5.41, 5.74) is -0.0711. The fourth-order valence-corrected chi connectivity index (χ4v) is 1.61. The summed E-state index contributed by atoms with van der Waals surface area (Å²) < 4.78 is 22.5. The molecule has 0 radical (unpaired) electrons. The van der Waals surface area contributed by atoms with Crippen LogP contribution in [0.3, 0.4) is 0 Å². The molecule has 8 heteroatoms. The van der Waals surface area contributed by atoms with Gasteiger partial charge in [-0.2, -0.15) is 0 Å². The number of esters is 1. The van der Waals surface area contributed by atoms with Gasteiger partial charge in [0, 0.05) is 0 Å². The molecule has 0 heterocycles. The largest absolute Gasteiger partial charge is 0.467 e. The quantitative estimate of drug-likeness (QED) is 0.807. The highest BCUT2D eigenvalue weighted by atomic mass is 19.1. The Morgan fingerprint density at radius 1 is 1.32 bits per heavy atom. The molecule has 1 aromatic carbocycles. The number of benzene rings is 1. The second-order valence-corrected chi connectivity index (χ2v) is 4.25. The number of hydrogen-bond donors (Lipinski definition) is 2. The van der Waals surface area contributed by atoms with Crippen LogP contribution in [0.15, 0.2) is 18.2 Å². The van der Waals surface area contributed by atoms with Crippen molar-refractivity contribution in [2.75, 3.05) is 19.0 Å². The van der Waals surface area contributed by atoms with Crippen molar-refractivity contribution in [1.82, 2.24) is 5.32 Å². The van der Waals surface area contributed by atoms with E-state index in [0.29, 0.717) is 0 Å². The van der Waals surface area contributed by atoms with Crippen LogP contribution in [0, 0.1) is 5.82 Å². The Morgan fingerprint density at radius 2 is 2.00 bits per heavy atom. The fourth-order valence-electron chi connectivity index (χ4n) is 1.61. The highest BCUT2D eigenvalue weighted by Gasteiger charge is 2.20. The summed E-state index contributed by atoms with van der Waals surface area (Å²) >= 11 is 0. The van der Waals surface area contributed by atoms with Crippen molar-refractivity contribution >= 4 is 23.7 Å². The molecule has 0 aromatic heterocycles. The molecule has 0 aliphatic rings. The van der Waals surface area contributed by atoms with E-state index in [1.807, 2.05) is 0 Å². The Balaban J connectivity index is 2.95. The number of anilines is 1. The lowest BCUT2D eigenvalue weighted by Crippen LogP contribution is -2.39. The lowest BCUT2D eigenvalue weighted by atomic mass is 10.1. The van der Waals surface area contributed by atoms with Crippen molar-refractivity contribution in [1.29, 1.82) is 0 Å². The minimum Gasteiger partial charge on any atom is -0.467 e. The fraction of sp³-hybridized carbons (Fsp3) is 0.357. The van der Waals surface area contributed by atoms with Gasteiger partial charge in [-0.15, -0.1) is 0 Å². The third kappa shape index (κ3) is 4.72. The van der Waals surface area contributed by atoms with Crippen molar-refractivity contribution in [2.24, 2.45) is 0 Å². The van der Waals surface area contributed by atoms with E-state index in [0.717, 1.165) is 12.1 Å². The van der Waals surface area contributed by atoms with Crippen LogP contribution in [0.25, 0.3) is 0 Å². The Labute approximate surface area is 126 Å². The molecule has 0 aliphatic carbocycles. The van der Waals surface area contributed by atoms with Gasteiger partial charge in [0.15, 0.2) is 0 Å². The third-order valence-corrected chi connectivity index (χ3v) is 2.64. The van der Waals surface area contributed by atoms with Crippen LogP contribution in [0.5, 0.6) is 0 Å². The summed E-state index contributed by atoms with van der Waals surface area (Å²) in [7, 11) is 1.19. The zero-order valence-electron chi connectivity index (χ0n) is 12.4. The molecule has 0 bridgehead atoms. The van der Waals surface area contributed by atoms with Crippen molar-refractivity contribution in [3.8, 4) is 0 Å². The van der Waals surface area contributed by atoms with Gasteiger partial charge in [-0.3, -0.25) is 10.1 Å². The second kappa shape index (κ2) is 7.96. The molecular weight excluding hydrogens is 295 g/mol. The summed E-state index contributed by atoms with van der Waals surface area (Å²) in [6.07, 6.45) is -0.817. The number of amides is 2. The van der Waals surface area contributed by atoms with E-state index < -0.39 is 29.8 Å². The maximum atomic E-state index is 13.3. The van der Waals surface area contributed by atoms with E-state index >= 15 is 0 Å². The van der Waals surface area contributed by atoms with Gasteiger partial charge < -0.3 is 14.8 Å². The molecule has 0 fully saturated rings. The molecule has 2 N–H and O–H groups in total. The number of nitrogens with one attached hydrogen (secondary N) is 2. The summed E-state index contributed by atoms with van der Waals surface area (Å²) in [6.45, 7) is 3.17. The molecule has 7 nitrogen and oxygen atoms in total. The first-order valence-electron chi connectivity index (χ1n) is 6.51. The molecule has 1 rings (SSSR count). The van der Waals surface area contributed by atoms with E-state index in [4.69, 9.17) is 0 Å². The minimum absolute atomic E-state index is 0.00907. The zero-order valence-corrected chi connectivity index (χ0v) is 12.4. The Kier molecular flexibility index (Phi) is 6.30.